The first-order valence-electron chi connectivity index (χ1n) is 7.85. The van der Waals surface area contributed by atoms with Crippen LogP contribution in [-0.4, -0.2) is 40.9 Å². The van der Waals surface area contributed by atoms with Crippen LogP contribution in [0.2, 0.25) is 0 Å². The zero-order chi connectivity index (χ0) is 17.8. The van der Waals surface area contributed by atoms with Crippen LogP contribution in [-0.2, 0) is 0 Å². The van der Waals surface area contributed by atoms with Crippen molar-refractivity contribution in [3.63, 3.8) is 0 Å². The fourth-order valence-corrected chi connectivity index (χ4v) is 2.64. The minimum Gasteiger partial charge on any atom is -0.508 e. The first-order chi connectivity index (χ1) is 12.1. The van der Waals surface area contributed by atoms with Crippen LogP contribution in [0.1, 0.15) is 27.1 Å². The maximum Gasteiger partial charge on any atom is 0.319 e. The Balaban J connectivity index is 1.45. The van der Waals surface area contributed by atoms with E-state index < -0.39 is 6.03 Å². The van der Waals surface area contributed by atoms with E-state index >= 15 is 0 Å². The number of anilines is 1. The van der Waals surface area contributed by atoms with Crippen LogP contribution in [0.4, 0.5) is 10.5 Å². The van der Waals surface area contributed by atoms with Gasteiger partial charge in [0.2, 0.25) is 0 Å². The highest BCUT2D eigenvalue weighted by molar-refractivity contribution is 6.21. The molecule has 0 aliphatic carbocycles. The predicted octanol–water partition coefficient (Wildman–Crippen LogP) is 2.20. The summed E-state index contributed by atoms with van der Waals surface area (Å²) in [6, 6.07) is 12.5. The summed E-state index contributed by atoms with van der Waals surface area (Å²) in [5.41, 5.74) is 1.31. The Hall–Kier alpha value is -3.35. The van der Waals surface area contributed by atoms with Crippen LogP contribution in [0, 0.1) is 0 Å². The van der Waals surface area contributed by atoms with Gasteiger partial charge in [-0.15, -0.1) is 0 Å². The number of benzene rings is 2. The van der Waals surface area contributed by atoms with Crippen molar-refractivity contribution in [3.8, 4) is 5.75 Å². The Kier molecular flexibility index (Phi) is 4.65. The van der Waals surface area contributed by atoms with Gasteiger partial charge in [0.1, 0.15) is 5.75 Å². The van der Waals surface area contributed by atoms with Gasteiger partial charge in [0.05, 0.1) is 11.1 Å². The van der Waals surface area contributed by atoms with Gasteiger partial charge in [-0.1, -0.05) is 18.2 Å². The number of phenols is 1. The van der Waals surface area contributed by atoms with E-state index in [-0.39, 0.29) is 24.1 Å². The smallest absolute Gasteiger partial charge is 0.319 e. The van der Waals surface area contributed by atoms with Crippen molar-refractivity contribution in [2.24, 2.45) is 0 Å². The van der Waals surface area contributed by atoms with Crippen molar-refractivity contribution in [2.75, 3.05) is 18.4 Å². The van der Waals surface area contributed by atoms with E-state index in [1.807, 2.05) is 0 Å². The molecule has 0 bridgehead atoms. The molecule has 1 aliphatic heterocycles. The number of imide groups is 1. The Labute approximate surface area is 144 Å². The average molecular weight is 339 g/mol. The zero-order valence-corrected chi connectivity index (χ0v) is 13.4. The summed E-state index contributed by atoms with van der Waals surface area (Å²) in [7, 11) is 0. The molecular formula is C18H17N3O4. The number of fused-ring (bicyclic) bond motifs is 1. The molecule has 7 nitrogen and oxygen atoms in total. The number of rotatable bonds is 5. The summed E-state index contributed by atoms with van der Waals surface area (Å²) in [5.74, 6) is -0.543. The van der Waals surface area contributed by atoms with Crippen molar-refractivity contribution in [3.05, 3.63) is 59.7 Å². The summed E-state index contributed by atoms with van der Waals surface area (Å²) >= 11 is 0. The van der Waals surface area contributed by atoms with Gasteiger partial charge in [0.15, 0.2) is 0 Å². The standard InChI is InChI=1S/C18H17N3O4/c22-13-6-3-5-12(11-13)20-18(25)19-9-4-10-21-16(23)14-7-1-2-8-15(14)17(21)24/h1-3,5-8,11,22H,4,9-10H2,(H2,19,20,25). The third kappa shape index (κ3) is 3.60. The molecule has 7 heteroatoms. The molecule has 0 radical (unpaired) electrons. The lowest BCUT2D eigenvalue weighted by molar-refractivity contribution is 0.0653. The van der Waals surface area contributed by atoms with Gasteiger partial charge in [0, 0.05) is 24.8 Å². The maximum absolute atomic E-state index is 12.2. The molecule has 4 amide bonds. The minimum atomic E-state index is -0.423. The Morgan fingerprint density at radius 2 is 1.68 bits per heavy atom. The maximum atomic E-state index is 12.2. The van der Waals surface area contributed by atoms with Crippen molar-refractivity contribution < 1.29 is 19.5 Å². The number of hydrogen-bond donors (Lipinski definition) is 3. The molecule has 3 N–H and O–H groups in total. The van der Waals surface area contributed by atoms with Crippen molar-refractivity contribution in [1.82, 2.24) is 10.2 Å². The highest BCUT2D eigenvalue weighted by Crippen LogP contribution is 2.22. The number of nitrogens with one attached hydrogen (secondary N) is 2. The molecule has 3 rings (SSSR count). The molecule has 2 aromatic carbocycles. The molecule has 0 fully saturated rings. The summed E-state index contributed by atoms with van der Waals surface area (Å²) in [6.45, 7) is 0.538. The molecule has 0 unspecified atom stereocenters. The van der Waals surface area contributed by atoms with Gasteiger partial charge < -0.3 is 15.7 Å². The van der Waals surface area contributed by atoms with Crippen molar-refractivity contribution >= 4 is 23.5 Å². The minimum absolute atomic E-state index is 0.0587. The van der Waals surface area contributed by atoms with Gasteiger partial charge in [-0.3, -0.25) is 14.5 Å². The molecule has 0 saturated heterocycles. The second-order valence-corrected chi connectivity index (χ2v) is 5.59. The quantitative estimate of drug-likeness (QED) is 0.574. The fourth-order valence-electron chi connectivity index (χ4n) is 2.64. The second kappa shape index (κ2) is 7.04. The third-order valence-electron chi connectivity index (χ3n) is 3.83. The van der Waals surface area contributed by atoms with Gasteiger partial charge in [0.25, 0.3) is 11.8 Å². The lowest BCUT2D eigenvalue weighted by Crippen LogP contribution is -2.35. The Morgan fingerprint density at radius 1 is 1.00 bits per heavy atom. The lowest BCUT2D eigenvalue weighted by Gasteiger charge is -2.14. The van der Waals surface area contributed by atoms with Gasteiger partial charge in [-0.2, -0.15) is 0 Å². The van der Waals surface area contributed by atoms with Crippen LogP contribution in [0.15, 0.2) is 48.5 Å². The van der Waals surface area contributed by atoms with E-state index in [1.165, 1.54) is 17.0 Å². The summed E-state index contributed by atoms with van der Waals surface area (Å²) in [5, 5.41) is 14.6. The van der Waals surface area contributed by atoms with Crippen molar-refractivity contribution in [1.29, 1.82) is 0 Å². The van der Waals surface area contributed by atoms with Gasteiger partial charge in [-0.05, 0) is 30.7 Å². The van der Waals surface area contributed by atoms with E-state index in [1.54, 1.807) is 36.4 Å². The molecule has 0 atom stereocenters. The SMILES string of the molecule is O=C(NCCCN1C(=O)c2ccccc2C1=O)Nc1cccc(O)c1. The van der Waals surface area contributed by atoms with E-state index in [4.69, 9.17) is 0 Å². The van der Waals surface area contributed by atoms with Crippen LogP contribution < -0.4 is 10.6 Å². The molecule has 128 valence electrons. The van der Waals surface area contributed by atoms with Gasteiger partial charge in [-0.25, -0.2) is 4.79 Å². The van der Waals surface area contributed by atoms with Crippen molar-refractivity contribution in [2.45, 2.75) is 6.42 Å². The molecular weight excluding hydrogens is 322 g/mol. The number of carbonyl (C=O) groups is 3. The molecule has 25 heavy (non-hydrogen) atoms. The summed E-state index contributed by atoms with van der Waals surface area (Å²) in [6.07, 6.45) is 0.443. The number of aromatic hydroxyl groups is 1. The zero-order valence-electron chi connectivity index (χ0n) is 13.4. The summed E-state index contributed by atoms with van der Waals surface area (Å²) < 4.78 is 0. The number of amides is 4. The largest absolute Gasteiger partial charge is 0.508 e. The van der Waals surface area contributed by atoms with Crippen LogP contribution in [0.5, 0.6) is 5.75 Å². The van der Waals surface area contributed by atoms with E-state index in [2.05, 4.69) is 10.6 Å². The number of urea groups is 1. The summed E-state index contributed by atoms with van der Waals surface area (Å²) in [4.78, 5) is 37.3. The predicted molar refractivity (Wildman–Crippen MR) is 91.6 cm³/mol. The molecule has 1 heterocycles. The number of hydrogen-bond acceptors (Lipinski definition) is 4. The number of nitrogens with zero attached hydrogens (tertiary/aromatic N) is 1. The average Bonchev–Trinajstić information content (AvgIpc) is 2.84. The number of carbonyl (C=O) groups excluding carboxylic acids is 3. The molecule has 1 aliphatic rings. The topological polar surface area (TPSA) is 98.7 Å². The molecule has 0 aromatic heterocycles. The molecule has 0 saturated carbocycles. The lowest BCUT2D eigenvalue weighted by atomic mass is 10.1. The Morgan fingerprint density at radius 3 is 2.32 bits per heavy atom. The third-order valence-corrected chi connectivity index (χ3v) is 3.83. The van der Waals surface area contributed by atoms with Crippen LogP contribution >= 0.6 is 0 Å². The second-order valence-electron chi connectivity index (χ2n) is 5.59. The van der Waals surface area contributed by atoms with E-state index in [0.29, 0.717) is 29.8 Å². The normalized spacial score (nSPS) is 12.9. The molecule has 2 aromatic rings. The van der Waals surface area contributed by atoms with E-state index in [9.17, 15) is 19.5 Å². The molecule has 0 spiro atoms. The first kappa shape index (κ1) is 16.5. The Bertz CT molecular complexity index is 800. The fraction of sp³-hybridized carbons (Fsp3) is 0.167. The first-order valence-corrected chi connectivity index (χ1v) is 7.85. The highest BCUT2D eigenvalue weighted by atomic mass is 16.3. The van der Waals surface area contributed by atoms with Gasteiger partial charge >= 0.3 is 6.03 Å². The monoisotopic (exact) mass is 339 g/mol. The number of phenolic OH excluding ortho intramolecular Hbond substituents is 1. The van der Waals surface area contributed by atoms with Crippen LogP contribution in [0.3, 0.4) is 0 Å². The highest BCUT2D eigenvalue weighted by Gasteiger charge is 2.34. The van der Waals surface area contributed by atoms with Crippen LogP contribution in [0.25, 0.3) is 0 Å². The van der Waals surface area contributed by atoms with E-state index in [0.717, 1.165) is 0 Å².